The third-order valence-corrected chi connectivity index (χ3v) is 4.45. The highest BCUT2D eigenvalue weighted by Gasteiger charge is 2.36. The zero-order valence-corrected chi connectivity index (χ0v) is 14.5. The van der Waals surface area contributed by atoms with Gasteiger partial charge in [-0.2, -0.15) is 0 Å². The summed E-state index contributed by atoms with van der Waals surface area (Å²) in [6.07, 6.45) is 6.89. The predicted molar refractivity (Wildman–Crippen MR) is 90.7 cm³/mol. The molecule has 0 aliphatic carbocycles. The molecule has 4 N–H and O–H groups in total. The summed E-state index contributed by atoms with van der Waals surface area (Å²) in [5, 5.41) is 38.2. The van der Waals surface area contributed by atoms with Crippen LogP contribution in [0.3, 0.4) is 0 Å². The smallest absolute Gasteiger partial charge is 0.303 e. The molecule has 0 aromatic carbocycles. The Morgan fingerprint density at radius 2 is 1.88 bits per heavy atom. The van der Waals surface area contributed by atoms with Crippen molar-refractivity contribution in [1.29, 1.82) is 0 Å². The van der Waals surface area contributed by atoms with Crippen LogP contribution in [0.15, 0.2) is 12.2 Å². The monoisotopic (exact) mass is 344 g/mol. The van der Waals surface area contributed by atoms with Crippen LogP contribution in [0.5, 0.6) is 0 Å². The normalized spacial score (nSPS) is 26.8. The Balaban J connectivity index is 2.18. The van der Waals surface area contributed by atoms with Gasteiger partial charge in [0, 0.05) is 12.8 Å². The largest absolute Gasteiger partial charge is 0.481 e. The Morgan fingerprint density at radius 1 is 1.21 bits per heavy atom. The van der Waals surface area contributed by atoms with Gasteiger partial charge in [0.25, 0.3) is 0 Å². The van der Waals surface area contributed by atoms with Gasteiger partial charge in [-0.3, -0.25) is 4.79 Å². The van der Waals surface area contributed by atoms with E-state index >= 15 is 0 Å². The van der Waals surface area contributed by atoms with Gasteiger partial charge in [0.2, 0.25) is 0 Å². The third kappa shape index (κ3) is 8.24. The molecule has 1 fully saturated rings. The highest BCUT2D eigenvalue weighted by molar-refractivity contribution is 5.66. The maximum atomic E-state index is 10.4. The van der Waals surface area contributed by atoms with E-state index in [1.54, 1.807) is 12.2 Å². The number of aliphatic hydroxyl groups is 3. The Kier molecular flexibility index (Phi) is 10.2. The Bertz CT molecular complexity index is 384. The van der Waals surface area contributed by atoms with Gasteiger partial charge in [-0.1, -0.05) is 44.8 Å². The number of carboxylic acids is 1. The van der Waals surface area contributed by atoms with E-state index in [0.717, 1.165) is 25.7 Å². The SMILES string of the molecule is CC[C@@H](O)/C=C/[C@H]1O[C@H]([C@H](O)CCCCCCCC(=O)O)C[C@@H]1O. The van der Waals surface area contributed by atoms with Crippen molar-refractivity contribution in [2.75, 3.05) is 0 Å². The first-order valence-corrected chi connectivity index (χ1v) is 9.03. The Labute approximate surface area is 144 Å². The molecule has 6 nitrogen and oxygen atoms in total. The Morgan fingerprint density at radius 3 is 2.54 bits per heavy atom. The molecule has 0 saturated carbocycles. The maximum Gasteiger partial charge on any atom is 0.303 e. The minimum atomic E-state index is -0.752. The van der Waals surface area contributed by atoms with E-state index in [0.29, 0.717) is 25.7 Å². The minimum Gasteiger partial charge on any atom is -0.481 e. The molecule has 140 valence electrons. The van der Waals surface area contributed by atoms with Gasteiger partial charge >= 0.3 is 5.97 Å². The average molecular weight is 344 g/mol. The van der Waals surface area contributed by atoms with Crippen molar-refractivity contribution in [3.8, 4) is 0 Å². The number of unbranched alkanes of at least 4 members (excludes halogenated alkanes) is 4. The number of ether oxygens (including phenoxy) is 1. The summed E-state index contributed by atoms with van der Waals surface area (Å²) in [7, 11) is 0. The number of carbonyl (C=O) groups is 1. The minimum absolute atomic E-state index is 0.220. The highest BCUT2D eigenvalue weighted by atomic mass is 16.5. The topological polar surface area (TPSA) is 107 Å². The van der Waals surface area contributed by atoms with E-state index in [1.165, 1.54) is 0 Å². The molecule has 0 bridgehead atoms. The summed E-state index contributed by atoms with van der Waals surface area (Å²) in [4.78, 5) is 10.4. The second-order valence-corrected chi connectivity index (χ2v) is 6.57. The number of aliphatic carboxylic acids is 1. The van der Waals surface area contributed by atoms with Gasteiger partial charge in [-0.05, 0) is 19.3 Å². The van der Waals surface area contributed by atoms with Gasteiger partial charge in [0.15, 0.2) is 0 Å². The van der Waals surface area contributed by atoms with Crippen molar-refractivity contribution in [2.24, 2.45) is 0 Å². The molecule has 1 heterocycles. The lowest BCUT2D eigenvalue weighted by Crippen LogP contribution is -2.26. The van der Waals surface area contributed by atoms with E-state index in [-0.39, 0.29) is 12.5 Å². The molecular formula is C18H32O6. The average Bonchev–Trinajstić information content (AvgIpc) is 2.92. The van der Waals surface area contributed by atoms with E-state index < -0.39 is 30.4 Å². The first-order valence-electron chi connectivity index (χ1n) is 9.03. The van der Waals surface area contributed by atoms with E-state index in [4.69, 9.17) is 9.84 Å². The van der Waals surface area contributed by atoms with Crippen LogP contribution in [0.1, 0.15) is 64.7 Å². The molecule has 0 amide bonds. The third-order valence-electron chi connectivity index (χ3n) is 4.45. The van der Waals surface area contributed by atoms with Crippen LogP contribution in [0.25, 0.3) is 0 Å². The summed E-state index contributed by atoms with van der Waals surface area (Å²) in [6.45, 7) is 1.87. The molecular weight excluding hydrogens is 312 g/mol. The van der Waals surface area contributed by atoms with Gasteiger partial charge in [-0.15, -0.1) is 0 Å². The molecule has 1 aliphatic heterocycles. The van der Waals surface area contributed by atoms with Gasteiger partial charge < -0.3 is 25.2 Å². The van der Waals surface area contributed by atoms with Crippen LogP contribution in [0.4, 0.5) is 0 Å². The fourth-order valence-corrected chi connectivity index (χ4v) is 2.86. The first-order chi connectivity index (χ1) is 11.4. The van der Waals surface area contributed by atoms with Gasteiger partial charge in [-0.25, -0.2) is 0 Å². The summed E-state index contributed by atoms with van der Waals surface area (Å²) in [5.41, 5.74) is 0. The number of aliphatic hydroxyl groups excluding tert-OH is 3. The van der Waals surface area contributed by atoms with Crippen molar-refractivity contribution in [3.63, 3.8) is 0 Å². The van der Waals surface area contributed by atoms with E-state index in [2.05, 4.69) is 0 Å². The lowest BCUT2D eigenvalue weighted by atomic mass is 10.0. The predicted octanol–water partition coefficient (Wildman–Crippen LogP) is 2.01. The Hall–Kier alpha value is -0.950. The molecule has 0 spiro atoms. The van der Waals surface area contributed by atoms with Crippen LogP contribution < -0.4 is 0 Å². The summed E-state index contributed by atoms with van der Waals surface area (Å²) >= 11 is 0. The summed E-state index contributed by atoms with van der Waals surface area (Å²) < 4.78 is 5.69. The summed E-state index contributed by atoms with van der Waals surface area (Å²) in [5.74, 6) is -0.752. The van der Waals surface area contributed by atoms with Crippen molar-refractivity contribution in [3.05, 3.63) is 12.2 Å². The standard InChI is InChI=1S/C18H32O6/c1-2-13(19)10-11-16-15(21)12-17(24-16)14(20)8-6-4-3-5-7-9-18(22)23/h10-11,13-17,19-21H,2-9,12H2,1H3,(H,22,23)/b11-10+/t13-,14-,15+,16-,17+/m1/s1. The number of rotatable bonds is 12. The second kappa shape index (κ2) is 11.6. The molecule has 24 heavy (non-hydrogen) atoms. The maximum absolute atomic E-state index is 10.4. The molecule has 0 aromatic heterocycles. The van der Waals surface area contributed by atoms with Crippen molar-refractivity contribution < 1.29 is 30.0 Å². The van der Waals surface area contributed by atoms with Crippen LogP contribution in [-0.2, 0) is 9.53 Å². The van der Waals surface area contributed by atoms with Crippen LogP contribution >= 0.6 is 0 Å². The van der Waals surface area contributed by atoms with Crippen LogP contribution in [0.2, 0.25) is 0 Å². The van der Waals surface area contributed by atoms with Crippen molar-refractivity contribution in [2.45, 2.75) is 95.2 Å². The fraction of sp³-hybridized carbons (Fsp3) is 0.833. The zero-order valence-electron chi connectivity index (χ0n) is 14.5. The van der Waals surface area contributed by atoms with Gasteiger partial charge in [0.05, 0.1) is 24.4 Å². The molecule has 5 atom stereocenters. The van der Waals surface area contributed by atoms with E-state index in [9.17, 15) is 20.1 Å². The first kappa shape index (κ1) is 21.1. The number of carboxylic acid groups (broad SMARTS) is 1. The molecule has 0 unspecified atom stereocenters. The molecule has 6 heteroatoms. The molecule has 1 rings (SSSR count). The quantitative estimate of drug-likeness (QED) is 0.319. The fourth-order valence-electron chi connectivity index (χ4n) is 2.86. The number of hydrogen-bond acceptors (Lipinski definition) is 5. The lowest BCUT2D eigenvalue weighted by Gasteiger charge is -2.18. The van der Waals surface area contributed by atoms with Crippen molar-refractivity contribution >= 4 is 5.97 Å². The number of hydrogen-bond donors (Lipinski definition) is 4. The van der Waals surface area contributed by atoms with Crippen molar-refractivity contribution in [1.82, 2.24) is 0 Å². The lowest BCUT2D eigenvalue weighted by molar-refractivity contribution is -0.137. The second-order valence-electron chi connectivity index (χ2n) is 6.57. The summed E-state index contributed by atoms with van der Waals surface area (Å²) in [6, 6.07) is 0. The molecule has 1 aliphatic rings. The van der Waals surface area contributed by atoms with Gasteiger partial charge in [0.1, 0.15) is 6.10 Å². The van der Waals surface area contributed by atoms with Crippen LogP contribution in [-0.4, -0.2) is 56.9 Å². The molecule has 1 saturated heterocycles. The molecule has 0 radical (unpaired) electrons. The highest BCUT2D eigenvalue weighted by Crippen LogP contribution is 2.26. The van der Waals surface area contributed by atoms with Crippen LogP contribution in [0, 0.1) is 0 Å². The molecule has 0 aromatic rings. The zero-order chi connectivity index (χ0) is 17.9. The van der Waals surface area contributed by atoms with E-state index in [1.807, 2.05) is 6.92 Å².